The molecule has 0 atom stereocenters. The standard InChI is InChI=1S/C13H11FN2OS/c14-12-5-4-9(7-15-12)16-13(17)11-6-8-2-1-3-10(8)18-11/h4-7H,1-3H2,(H,16,17). The zero-order valence-electron chi connectivity index (χ0n) is 9.57. The van der Waals surface area contributed by atoms with Gasteiger partial charge in [-0.2, -0.15) is 4.39 Å². The lowest BCUT2D eigenvalue weighted by atomic mass is 10.2. The molecule has 2 heterocycles. The van der Waals surface area contributed by atoms with Gasteiger partial charge in [-0.1, -0.05) is 0 Å². The zero-order chi connectivity index (χ0) is 12.5. The number of aryl methyl sites for hydroxylation is 2. The number of thiophene rings is 1. The number of hydrogen-bond donors (Lipinski definition) is 1. The Morgan fingerprint density at radius 3 is 3.00 bits per heavy atom. The van der Waals surface area contributed by atoms with Crippen LogP contribution in [0.15, 0.2) is 24.4 Å². The number of aromatic nitrogens is 1. The van der Waals surface area contributed by atoms with Gasteiger partial charge < -0.3 is 5.32 Å². The number of carbonyl (C=O) groups excluding carboxylic acids is 1. The van der Waals surface area contributed by atoms with Gasteiger partial charge in [0.05, 0.1) is 16.8 Å². The Balaban J connectivity index is 1.76. The first-order valence-corrected chi connectivity index (χ1v) is 6.58. The number of rotatable bonds is 2. The van der Waals surface area contributed by atoms with E-state index in [0.717, 1.165) is 12.8 Å². The average molecular weight is 262 g/mol. The first kappa shape index (κ1) is 11.3. The summed E-state index contributed by atoms with van der Waals surface area (Å²) in [5.41, 5.74) is 1.80. The fraction of sp³-hybridized carbons (Fsp3) is 0.231. The van der Waals surface area contributed by atoms with E-state index in [2.05, 4.69) is 10.3 Å². The van der Waals surface area contributed by atoms with E-state index >= 15 is 0 Å². The molecule has 3 nitrogen and oxygen atoms in total. The van der Waals surface area contributed by atoms with Crippen LogP contribution < -0.4 is 5.32 Å². The number of pyridine rings is 1. The Hall–Kier alpha value is -1.75. The number of carbonyl (C=O) groups is 1. The molecule has 0 aliphatic heterocycles. The largest absolute Gasteiger partial charge is 0.320 e. The van der Waals surface area contributed by atoms with Crippen LogP contribution in [0.4, 0.5) is 10.1 Å². The van der Waals surface area contributed by atoms with Crippen molar-refractivity contribution in [1.82, 2.24) is 4.98 Å². The topological polar surface area (TPSA) is 42.0 Å². The van der Waals surface area contributed by atoms with Crippen molar-refractivity contribution in [2.45, 2.75) is 19.3 Å². The maximum Gasteiger partial charge on any atom is 0.265 e. The monoisotopic (exact) mass is 262 g/mol. The fourth-order valence-corrected chi connectivity index (χ4v) is 3.23. The summed E-state index contributed by atoms with van der Waals surface area (Å²) in [4.78, 5) is 17.5. The lowest BCUT2D eigenvalue weighted by Crippen LogP contribution is -2.10. The van der Waals surface area contributed by atoms with Crippen LogP contribution in [-0.4, -0.2) is 10.9 Å². The van der Waals surface area contributed by atoms with Crippen LogP contribution in [0.1, 0.15) is 26.5 Å². The third kappa shape index (κ3) is 2.13. The Labute approximate surface area is 108 Å². The number of hydrogen-bond acceptors (Lipinski definition) is 3. The van der Waals surface area contributed by atoms with Gasteiger partial charge in [0.25, 0.3) is 5.91 Å². The number of anilines is 1. The molecule has 0 saturated carbocycles. The van der Waals surface area contributed by atoms with E-state index in [1.165, 1.54) is 35.2 Å². The Bertz CT molecular complexity index is 570. The van der Waals surface area contributed by atoms with Crippen LogP contribution >= 0.6 is 11.3 Å². The lowest BCUT2D eigenvalue weighted by molar-refractivity contribution is 0.103. The quantitative estimate of drug-likeness (QED) is 0.845. The van der Waals surface area contributed by atoms with E-state index in [9.17, 15) is 9.18 Å². The first-order valence-electron chi connectivity index (χ1n) is 5.77. The van der Waals surface area contributed by atoms with Crippen LogP contribution in [0.3, 0.4) is 0 Å². The predicted molar refractivity (Wildman–Crippen MR) is 68.5 cm³/mol. The van der Waals surface area contributed by atoms with Gasteiger partial charge in [0.15, 0.2) is 0 Å². The van der Waals surface area contributed by atoms with Crippen molar-refractivity contribution >= 4 is 22.9 Å². The minimum atomic E-state index is -0.553. The van der Waals surface area contributed by atoms with E-state index in [0.29, 0.717) is 10.6 Å². The van der Waals surface area contributed by atoms with Crippen molar-refractivity contribution < 1.29 is 9.18 Å². The molecule has 0 aromatic carbocycles. The lowest BCUT2D eigenvalue weighted by Gasteiger charge is -2.02. The van der Waals surface area contributed by atoms with E-state index in [4.69, 9.17) is 0 Å². The molecule has 1 aliphatic carbocycles. The predicted octanol–water partition coefficient (Wildman–Crippen LogP) is 3.02. The summed E-state index contributed by atoms with van der Waals surface area (Å²) in [7, 11) is 0. The molecule has 0 unspecified atom stereocenters. The fourth-order valence-electron chi connectivity index (χ4n) is 2.08. The van der Waals surface area contributed by atoms with Crippen LogP contribution in [0.25, 0.3) is 0 Å². The number of halogens is 1. The summed E-state index contributed by atoms with van der Waals surface area (Å²) in [5, 5.41) is 2.72. The number of nitrogens with zero attached hydrogens (tertiary/aromatic N) is 1. The third-order valence-electron chi connectivity index (χ3n) is 2.96. The molecule has 2 aromatic heterocycles. The molecule has 2 aromatic rings. The second-order valence-electron chi connectivity index (χ2n) is 4.24. The molecule has 18 heavy (non-hydrogen) atoms. The summed E-state index contributed by atoms with van der Waals surface area (Å²) in [6.45, 7) is 0. The minimum Gasteiger partial charge on any atom is -0.320 e. The number of amides is 1. The van der Waals surface area contributed by atoms with Crippen molar-refractivity contribution in [3.05, 3.63) is 45.7 Å². The van der Waals surface area contributed by atoms with Crippen molar-refractivity contribution in [2.75, 3.05) is 5.32 Å². The summed E-state index contributed by atoms with van der Waals surface area (Å²) in [6.07, 6.45) is 4.64. The number of nitrogens with one attached hydrogen (secondary N) is 1. The van der Waals surface area contributed by atoms with Crippen LogP contribution in [0, 0.1) is 5.95 Å². The highest BCUT2D eigenvalue weighted by atomic mass is 32.1. The highest BCUT2D eigenvalue weighted by Crippen LogP contribution is 2.30. The highest BCUT2D eigenvalue weighted by Gasteiger charge is 2.18. The van der Waals surface area contributed by atoms with E-state index < -0.39 is 5.95 Å². The molecule has 0 radical (unpaired) electrons. The Morgan fingerprint density at radius 2 is 2.28 bits per heavy atom. The van der Waals surface area contributed by atoms with Gasteiger partial charge in [0, 0.05) is 4.88 Å². The number of fused-ring (bicyclic) bond motifs is 1. The molecule has 1 amide bonds. The SMILES string of the molecule is O=C(Nc1ccc(F)nc1)c1cc2c(s1)CCC2. The van der Waals surface area contributed by atoms with Gasteiger partial charge in [-0.25, -0.2) is 4.98 Å². The Morgan fingerprint density at radius 1 is 1.39 bits per heavy atom. The van der Waals surface area contributed by atoms with Crippen molar-refractivity contribution in [3.63, 3.8) is 0 Å². The van der Waals surface area contributed by atoms with E-state index in [-0.39, 0.29) is 5.91 Å². The molecule has 0 bridgehead atoms. The molecule has 0 spiro atoms. The second-order valence-corrected chi connectivity index (χ2v) is 5.37. The normalized spacial score (nSPS) is 13.4. The van der Waals surface area contributed by atoms with Crippen LogP contribution in [0.5, 0.6) is 0 Å². The molecule has 5 heteroatoms. The van der Waals surface area contributed by atoms with Crippen molar-refractivity contribution in [1.29, 1.82) is 0 Å². The minimum absolute atomic E-state index is 0.150. The van der Waals surface area contributed by atoms with E-state index in [1.54, 1.807) is 11.3 Å². The molecule has 0 saturated heterocycles. The molecule has 0 fully saturated rings. The summed E-state index contributed by atoms with van der Waals surface area (Å²) in [5.74, 6) is -0.703. The smallest absolute Gasteiger partial charge is 0.265 e. The van der Waals surface area contributed by atoms with Gasteiger partial charge in [0.1, 0.15) is 0 Å². The van der Waals surface area contributed by atoms with Crippen LogP contribution in [-0.2, 0) is 12.8 Å². The zero-order valence-corrected chi connectivity index (χ0v) is 10.4. The maximum absolute atomic E-state index is 12.6. The van der Waals surface area contributed by atoms with Crippen molar-refractivity contribution in [3.8, 4) is 0 Å². The Kier molecular flexibility index (Phi) is 2.83. The van der Waals surface area contributed by atoms with Gasteiger partial charge in [-0.15, -0.1) is 11.3 Å². The summed E-state index contributed by atoms with van der Waals surface area (Å²) in [6, 6.07) is 4.69. The van der Waals surface area contributed by atoms with Crippen molar-refractivity contribution in [2.24, 2.45) is 0 Å². The summed E-state index contributed by atoms with van der Waals surface area (Å²) < 4.78 is 12.6. The van der Waals surface area contributed by atoms with Crippen LogP contribution in [0.2, 0.25) is 0 Å². The first-order chi connectivity index (χ1) is 8.72. The average Bonchev–Trinajstić information content (AvgIpc) is 2.92. The third-order valence-corrected chi connectivity index (χ3v) is 4.19. The summed E-state index contributed by atoms with van der Waals surface area (Å²) >= 11 is 1.55. The highest BCUT2D eigenvalue weighted by molar-refractivity contribution is 7.14. The van der Waals surface area contributed by atoms with E-state index in [1.807, 2.05) is 6.07 Å². The van der Waals surface area contributed by atoms with Gasteiger partial charge in [-0.05, 0) is 43.0 Å². The molecular weight excluding hydrogens is 251 g/mol. The maximum atomic E-state index is 12.6. The molecule has 1 N–H and O–H groups in total. The molecule has 3 rings (SSSR count). The second kappa shape index (κ2) is 4.49. The van der Waals surface area contributed by atoms with Gasteiger partial charge in [-0.3, -0.25) is 4.79 Å². The molecule has 1 aliphatic rings. The molecular formula is C13H11FN2OS. The van der Waals surface area contributed by atoms with Gasteiger partial charge in [0.2, 0.25) is 5.95 Å². The van der Waals surface area contributed by atoms with Gasteiger partial charge >= 0.3 is 0 Å². The molecule has 92 valence electrons.